The maximum atomic E-state index is 5.96. The highest BCUT2D eigenvalue weighted by Crippen LogP contribution is 2.29. The second-order valence-corrected chi connectivity index (χ2v) is 6.89. The number of halogens is 2. The van der Waals surface area contributed by atoms with Crippen LogP contribution >= 0.6 is 27.5 Å². The van der Waals surface area contributed by atoms with E-state index in [0.29, 0.717) is 10.8 Å². The van der Waals surface area contributed by atoms with Crippen molar-refractivity contribution in [2.75, 3.05) is 0 Å². The lowest BCUT2D eigenvalue weighted by molar-refractivity contribution is 0.781. The molecule has 0 saturated heterocycles. The van der Waals surface area contributed by atoms with Crippen LogP contribution in [0.25, 0.3) is 22.9 Å². The van der Waals surface area contributed by atoms with E-state index in [1.165, 1.54) is 5.56 Å². The minimum Gasteiger partial charge on any atom is -0.326 e. The lowest BCUT2D eigenvalue weighted by atomic mass is 10.2. The average molecular weight is 399 g/mol. The van der Waals surface area contributed by atoms with Crippen molar-refractivity contribution in [3.8, 4) is 22.9 Å². The Kier molecular flexibility index (Phi) is 4.08. The van der Waals surface area contributed by atoms with Crippen LogP contribution in [-0.2, 0) is 6.54 Å². The average Bonchev–Trinajstić information content (AvgIpc) is 3.00. The minimum absolute atomic E-state index is 0.705. The SMILES string of the molecule is Clc1ccc(-c2nc3cc(Br)cn(Cc4ccccc4)c-3n2)cc1. The predicted octanol–water partition coefficient (Wildman–Crippen LogP) is 5.51. The summed E-state index contributed by atoms with van der Waals surface area (Å²) in [4.78, 5) is 9.41. The number of rotatable bonds is 3. The van der Waals surface area contributed by atoms with Crippen molar-refractivity contribution in [1.29, 1.82) is 0 Å². The van der Waals surface area contributed by atoms with Gasteiger partial charge >= 0.3 is 0 Å². The van der Waals surface area contributed by atoms with Gasteiger partial charge in [-0.2, -0.15) is 0 Å². The highest BCUT2D eigenvalue weighted by molar-refractivity contribution is 9.10. The molecule has 4 rings (SSSR count). The van der Waals surface area contributed by atoms with Gasteiger partial charge in [-0.15, -0.1) is 0 Å². The predicted molar refractivity (Wildman–Crippen MR) is 100 cm³/mol. The van der Waals surface area contributed by atoms with Crippen molar-refractivity contribution in [2.45, 2.75) is 6.54 Å². The number of imidazole rings is 1. The van der Waals surface area contributed by atoms with Gasteiger partial charge < -0.3 is 4.57 Å². The molecule has 2 aliphatic heterocycles. The Bertz CT molecular complexity index is 948. The molecule has 0 bridgehead atoms. The van der Waals surface area contributed by atoms with Gasteiger partial charge in [-0.1, -0.05) is 41.9 Å². The summed E-state index contributed by atoms with van der Waals surface area (Å²) in [5, 5.41) is 0.705. The number of pyridine rings is 1. The van der Waals surface area contributed by atoms with Gasteiger partial charge in [-0.3, -0.25) is 0 Å². The Morgan fingerprint density at radius 2 is 1.71 bits per heavy atom. The molecule has 0 amide bonds. The fraction of sp³-hybridized carbons (Fsp3) is 0.0526. The Morgan fingerprint density at radius 3 is 2.46 bits per heavy atom. The summed E-state index contributed by atoms with van der Waals surface area (Å²) in [5.74, 6) is 1.58. The second-order valence-electron chi connectivity index (χ2n) is 5.53. The van der Waals surface area contributed by atoms with Gasteiger partial charge in [0.05, 0.1) is 0 Å². The summed E-state index contributed by atoms with van der Waals surface area (Å²) in [6.45, 7) is 0.746. The summed E-state index contributed by atoms with van der Waals surface area (Å²) in [6.07, 6.45) is 2.04. The number of hydrogen-bond donors (Lipinski definition) is 0. The van der Waals surface area contributed by atoms with Crippen molar-refractivity contribution < 1.29 is 0 Å². The van der Waals surface area contributed by atoms with Crippen LogP contribution < -0.4 is 0 Å². The van der Waals surface area contributed by atoms with Crippen LogP contribution in [0.3, 0.4) is 0 Å². The first-order valence-corrected chi connectivity index (χ1v) is 8.69. The topological polar surface area (TPSA) is 30.7 Å². The van der Waals surface area contributed by atoms with E-state index < -0.39 is 0 Å². The monoisotopic (exact) mass is 397 g/mol. The molecule has 0 aliphatic carbocycles. The Morgan fingerprint density at radius 1 is 0.958 bits per heavy atom. The molecule has 5 heteroatoms. The molecule has 2 aromatic rings. The van der Waals surface area contributed by atoms with E-state index in [4.69, 9.17) is 16.6 Å². The number of hydrogen-bond acceptors (Lipinski definition) is 2. The van der Waals surface area contributed by atoms with Crippen LogP contribution in [0.2, 0.25) is 5.02 Å². The molecule has 0 fully saturated rings. The van der Waals surface area contributed by atoms with E-state index >= 15 is 0 Å². The first kappa shape index (κ1) is 15.4. The zero-order valence-electron chi connectivity index (χ0n) is 12.7. The largest absolute Gasteiger partial charge is 0.326 e. The van der Waals surface area contributed by atoms with Gasteiger partial charge in [-0.25, -0.2) is 9.97 Å². The lowest BCUT2D eigenvalue weighted by Gasteiger charge is -2.11. The van der Waals surface area contributed by atoms with E-state index in [0.717, 1.165) is 28.1 Å². The first-order valence-electron chi connectivity index (χ1n) is 7.52. The van der Waals surface area contributed by atoms with E-state index in [1.807, 2.05) is 54.7 Å². The minimum atomic E-state index is 0.705. The number of benzene rings is 2. The molecule has 3 nitrogen and oxygen atoms in total. The zero-order valence-corrected chi connectivity index (χ0v) is 15.0. The highest BCUT2D eigenvalue weighted by atomic mass is 79.9. The summed E-state index contributed by atoms with van der Waals surface area (Å²) < 4.78 is 3.09. The maximum absolute atomic E-state index is 5.96. The molecular formula is C19H13BrClN3. The molecule has 0 spiro atoms. The van der Waals surface area contributed by atoms with Gasteiger partial charge in [0.25, 0.3) is 0 Å². The third kappa shape index (κ3) is 3.07. The summed E-state index contributed by atoms with van der Waals surface area (Å²) in [7, 11) is 0. The molecule has 0 aromatic heterocycles. The summed E-state index contributed by atoms with van der Waals surface area (Å²) >= 11 is 9.53. The zero-order chi connectivity index (χ0) is 16.5. The van der Waals surface area contributed by atoms with Crippen molar-refractivity contribution >= 4 is 27.5 Å². The molecule has 0 saturated carbocycles. The van der Waals surface area contributed by atoms with E-state index in [-0.39, 0.29) is 0 Å². The molecule has 24 heavy (non-hydrogen) atoms. The third-order valence-corrected chi connectivity index (χ3v) is 4.48. The Balaban J connectivity index is 1.79. The molecule has 118 valence electrons. The van der Waals surface area contributed by atoms with E-state index in [2.05, 4.69) is 37.6 Å². The second kappa shape index (κ2) is 6.38. The van der Waals surface area contributed by atoms with Crippen LogP contribution in [0, 0.1) is 0 Å². The maximum Gasteiger partial charge on any atom is 0.162 e. The van der Waals surface area contributed by atoms with Crippen LogP contribution in [-0.4, -0.2) is 14.5 Å². The number of fused-ring (bicyclic) bond motifs is 1. The smallest absolute Gasteiger partial charge is 0.162 e. The Hall–Kier alpha value is -2.17. The lowest BCUT2D eigenvalue weighted by Crippen LogP contribution is -2.05. The molecular weight excluding hydrogens is 386 g/mol. The number of nitrogens with zero attached hydrogens (tertiary/aromatic N) is 3. The van der Waals surface area contributed by atoms with E-state index in [9.17, 15) is 0 Å². The van der Waals surface area contributed by atoms with Gasteiger partial charge in [0.15, 0.2) is 11.6 Å². The first-order chi connectivity index (χ1) is 11.7. The Labute approximate surface area is 153 Å². The van der Waals surface area contributed by atoms with Crippen molar-refractivity contribution in [2.24, 2.45) is 0 Å². The van der Waals surface area contributed by atoms with Gasteiger partial charge in [0.2, 0.25) is 0 Å². The molecule has 2 aliphatic rings. The van der Waals surface area contributed by atoms with Gasteiger partial charge in [0.1, 0.15) is 5.69 Å². The normalized spacial score (nSPS) is 11.1. The molecule has 0 unspecified atom stereocenters. The molecule has 2 heterocycles. The van der Waals surface area contributed by atoms with Crippen molar-refractivity contribution in [1.82, 2.24) is 14.5 Å². The van der Waals surface area contributed by atoms with Crippen molar-refractivity contribution in [3.63, 3.8) is 0 Å². The number of aromatic nitrogens is 3. The third-order valence-electron chi connectivity index (χ3n) is 3.79. The highest BCUT2D eigenvalue weighted by Gasteiger charge is 2.16. The quantitative estimate of drug-likeness (QED) is 0.455. The van der Waals surface area contributed by atoms with E-state index in [1.54, 1.807) is 0 Å². The fourth-order valence-corrected chi connectivity index (χ4v) is 3.25. The summed E-state index contributed by atoms with van der Waals surface area (Å²) in [5.41, 5.74) is 3.04. The van der Waals surface area contributed by atoms with Crippen LogP contribution in [0.5, 0.6) is 0 Å². The molecule has 0 N–H and O–H groups in total. The van der Waals surface area contributed by atoms with Gasteiger partial charge in [-0.05, 0) is 51.8 Å². The van der Waals surface area contributed by atoms with Gasteiger partial charge in [0, 0.05) is 27.8 Å². The molecule has 0 atom stereocenters. The van der Waals surface area contributed by atoms with Crippen LogP contribution in [0.1, 0.15) is 5.56 Å². The molecule has 2 aromatic carbocycles. The standard InChI is InChI=1S/C19H13BrClN3/c20-15-10-17-19(24(12-15)11-13-4-2-1-3-5-13)23-18(22-17)14-6-8-16(21)9-7-14/h1-10,12H,11H2. The van der Waals surface area contributed by atoms with Crippen LogP contribution in [0.4, 0.5) is 0 Å². The summed E-state index contributed by atoms with van der Waals surface area (Å²) in [6, 6.07) is 19.9. The molecule has 0 radical (unpaired) electrons. The van der Waals surface area contributed by atoms with Crippen LogP contribution in [0.15, 0.2) is 71.3 Å². The van der Waals surface area contributed by atoms with Crippen molar-refractivity contribution in [3.05, 3.63) is 81.9 Å². The fourth-order valence-electron chi connectivity index (χ4n) is 2.66.